The molecule has 0 aliphatic carbocycles. The van der Waals surface area contributed by atoms with E-state index >= 15 is 0 Å². The smallest absolute Gasteiger partial charge is 0.347 e. The van der Waals surface area contributed by atoms with Gasteiger partial charge in [-0.1, -0.05) is 6.07 Å². The number of benzene rings is 1. The minimum absolute atomic E-state index is 0.206. The second-order valence-electron chi connectivity index (χ2n) is 3.80. The van der Waals surface area contributed by atoms with E-state index in [1.54, 1.807) is 42.6 Å². The normalized spacial score (nSPS) is 10.7. The Kier molecular flexibility index (Phi) is 2.30. The number of nitrogen functional groups attached to an aromatic ring is 1. The molecular formula is C13H9N3O2. The lowest BCUT2D eigenvalue weighted by atomic mass is 10.2. The van der Waals surface area contributed by atoms with E-state index in [4.69, 9.17) is 10.2 Å². The molecule has 0 radical (unpaired) electrons. The van der Waals surface area contributed by atoms with E-state index in [2.05, 4.69) is 9.97 Å². The summed E-state index contributed by atoms with van der Waals surface area (Å²) in [6.07, 6.45) is 1.62. The molecule has 0 amide bonds. The van der Waals surface area contributed by atoms with Crippen LogP contribution in [-0.2, 0) is 0 Å². The van der Waals surface area contributed by atoms with Gasteiger partial charge >= 0.3 is 5.63 Å². The van der Waals surface area contributed by atoms with Gasteiger partial charge in [0.2, 0.25) is 5.89 Å². The maximum atomic E-state index is 11.8. The molecule has 0 spiro atoms. The first-order chi connectivity index (χ1) is 8.74. The molecule has 2 N–H and O–H groups in total. The predicted molar refractivity (Wildman–Crippen MR) is 67.9 cm³/mol. The fourth-order valence-corrected chi connectivity index (χ4v) is 1.69. The second-order valence-corrected chi connectivity index (χ2v) is 3.80. The lowest BCUT2D eigenvalue weighted by Crippen LogP contribution is -2.04. The summed E-state index contributed by atoms with van der Waals surface area (Å²) in [7, 11) is 0. The molecular weight excluding hydrogens is 230 g/mol. The Bertz CT molecular complexity index is 766. The van der Waals surface area contributed by atoms with Gasteiger partial charge in [-0.05, 0) is 30.3 Å². The molecule has 1 aromatic carbocycles. The third kappa shape index (κ3) is 1.71. The van der Waals surface area contributed by atoms with Gasteiger partial charge in [0.05, 0.1) is 10.9 Å². The zero-order valence-electron chi connectivity index (χ0n) is 9.33. The SMILES string of the molecule is Nc1ccc2nc(-c3ccccn3)oc(=O)c2c1. The first-order valence-electron chi connectivity index (χ1n) is 5.36. The van der Waals surface area contributed by atoms with Gasteiger partial charge in [-0.25, -0.2) is 9.78 Å². The van der Waals surface area contributed by atoms with Crippen LogP contribution in [-0.4, -0.2) is 9.97 Å². The predicted octanol–water partition coefficient (Wildman–Crippen LogP) is 1.83. The van der Waals surface area contributed by atoms with E-state index in [1.165, 1.54) is 0 Å². The van der Waals surface area contributed by atoms with Crippen LogP contribution in [0.1, 0.15) is 0 Å². The lowest BCUT2D eigenvalue weighted by Gasteiger charge is -2.01. The van der Waals surface area contributed by atoms with E-state index in [9.17, 15) is 4.79 Å². The molecule has 18 heavy (non-hydrogen) atoms. The van der Waals surface area contributed by atoms with Gasteiger partial charge in [0.1, 0.15) is 5.69 Å². The first-order valence-corrected chi connectivity index (χ1v) is 5.36. The molecule has 2 heterocycles. The number of nitrogens with two attached hydrogens (primary N) is 1. The number of anilines is 1. The maximum absolute atomic E-state index is 11.8. The van der Waals surface area contributed by atoms with Gasteiger partial charge in [-0.2, -0.15) is 0 Å². The number of pyridine rings is 1. The van der Waals surface area contributed by atoms with E-state index in [-0.39, 0.29) is 5.89 Å². The van der Waals surface area contributed by atoms with Gasteiger partial charge in [-0.15, -0.1) is 0 Å². The van der Waals surface area contributed by atoms with Crippen molar-refractivity contribution < 1.29 is 4.42 Å². The van der Waals surface area contributed by atoms with Gasteiger partial charge in [0.25, 0.3) is 0 Å². The van der Waals surface area contributed by atoms with Crippen molar-refractivity contribution in [3.8, 4) is 11.6 Å². The van der Waals surface area contributed by atoms with Gasteiger partial charge < -0.3 is 10.2 Å². The van der Waals surface area contributed by atoms with Gasteiger partial charge in [0.15, 0.2) is 0 Å². The number of hydrogen-bond donors (Lipinski definition) is 1. The number of nitrogens with zero attached hydrogens (tertiary/aromatic N) is 2. The standard InChI is InChI=1S/C13H9N3O2/c14-8-4-5-10-9(7-8)13(17)18-12(16-10)11-3-1-2-6-15-11/h1-7H,14H2. The molecule has 0 fully saturated rings. The fraction of sp³-hybridized carbons (Fsp3) is 0. The average Bonchev–Trinajstić information content (AvgIpc) is 2.40. The summed E-state index contributed by atoms with van der Waals surface area (Å²) in [6.45, 7) is 0. The van der Waals surface area contributed by atoms with Crippen LogP contribution >= 0.6 is 0 Å². The molecule has 3 rings (SSSR count). The molecule has 0 aliphatic rings. The molecule has 88 valence electrons. The molecule has 0 saturated heterocycles. The summed E-state index contributed by atoms with van der Waals surface area (Å²) in [5, 5.41) is 0.370. The average molecular weight is 239 g/mol. The van der Waals surface area contributed by atoms with Crippen LogP contribution in [0, 0.1) is 0 Å². The summed E-state index contributed by atoms with van der Waals surface area (Å²) in [5.41, 5.74) is 6.72. The van der Waals surface area contributed by atoms with Crippen molar-refractivity contribution in [2.24, 2.45) is 0 Å². The van der Waals surface area contributed by atoms with Crippen molar-refractivity contribution >= 4 is 16.6 Å². The Morgan fingerprint density at radius 2 is 2.06 bits per heavy atom. The molecule has 0 saturated carbocycles. The van der Waals surface area contributed by atoms with Crippen molar-refractivity contribution in [1.82, 2.24) is 9.97 Å². The molecule has 5 nitrogen and oxygen atoms in total. The van der Waals surface area contributed by atoms with Crippen molar-refractivity contribution in [1.29, 1.82) is 0 Å². The van der Waals surface area contributed by atoms with Crippen LogP contribution in [0.5, 0.6) is 0 Å². The van der Waals surface area contributed by atoms with Crippen molar-refractivity contribution in [2.45, 2.75) is 0 Å². The largest absolute Gasteiger partial charge is 0.401 e. The monoisotopic (exact) mass is 239 g/mol. The Morgan fingerprint density at radius 1 is 1.17 bits per heavy atom. The zero-order valence-corrected chi connectivity index (χ0v) is 9.33. The number of fused-ring (bicyclic) bond motifs is 1. The van der Waals surface area contributed by atoms with Crippen LogP contribution in [0.25, 0.3) is 22.5 Å². The quantitative estimate of drug-likeness (QED) is 0.655. The molecule has 0 aliphatic heterocycles. The fourth-order valence-electron chi connectivity index (χ4n) is 1.69. The minimum atomic E-state index is -0.465. The van der Waals surface area contributed by atoms with Crippen LogP contribution in [0.2, 0.25) is 0 Å². The summed E-state index contributed by atoms with van der Waals surface area (Å²) >= 11 is 0. The molecule has 3 aromatic rings. The number of aromatic nitrogens is 2. The maximum Gasteiger partial charge on any atom is 0.347 e. The third-order valence-corrected chi connectivity index (χ3v) is 2.54. The van der Waals surface area contributed by atoms with E-state index < -0.39 is 5.63 Å². The van der Waals surface area contributed by atoms with Crippen LogP contribution < -0.4 is 11.4 Å². The highest BCUT2D eigenvalue weighted by Crippen LogP contribution is 2.17. The Labute approximate surface area is 102 Å². The molecule has 5 heteroatoms. The summed E-state index contributed by atoms with van der Waals surface area (Å²) in [4.78, 5) is 20.2. The van der Waals surface area contributed by atoms with E-state index in [1.807, 2.05) is 0 Å². The second kappa shape index (κ2) is 3.96. The van der Waals surface area contributed by atoms with Gasteiger partial charge in [0, 0.05) is 11.9 Å². The molecule has 2 aromatic heterocycles. The highest BCUT2D eigenvalue weighted by atomic mass is 16.4. The highest BCUT2D eigenvalue weighted by molar-refractivity contribution is 5.81. The molecule has 0 unspecified atom stereocenters. The number of rotatable bonds is 1. The summed E-state index contributed by atoms with van der Waals surface area (Å²) < 4.78 is 5.15. The highest BCUT2D eigenvalue weighted by Gasteiger charge is 2.09. The molecule has 0 atom stereocenters. The van der Waals surface area contributed by atoms with E-state index in [0.717, 1.165) is 0 Å². The van der Waals surface area contributed by atoms with Crippen LogP contribution in [0.15, 0.2) is 51.8 Å². The third-order valence-electron chi connectivity index (χ3n) is 2.54. The van der Waals surface area contributed by atoms with Crippen molar-refractivity contribution in [3.63, 3.8) is 0 Å². The van der Waals surface area contributed by atoms with Crippen molar-refractivity contribution in [3.05, 3.63) is 53.0 Å². The summed E-state index contributed by atoms with van der Waals surface area (Å²) in [6, 6.07) is 10.2. The van der Waals surface area contributed by atoms with Crippen LogP contribution in [0.4, 0.5) is 5.69 Å². The Morgan fingerprint density at radius 3 is 2.83 bits per heavy atom. The minimum Gasteiger partial charge on any atom is -0.401 e. The topological polar surface area (TPSA) is 82.0 Å². The Balaban J connectivity index is 2.29. The Hall–Kier alpha value is -2.69. The first kappa shape index (κ1) is 10.5. The van der Waals surface area contributed by atoms with E-state index in [0.29, 0.717) is 22.3 Å². The van der Waals surface area contributed by atoms with Crippen molar-refractivity contribution in [2.75, 3.05) is 5.73 Å². The molecule has 0 bridgehead atoms. The zero-order chi connectivity index (χ0) is 12.5. The number of hydrogen-bond acceptors (Lipinski definition) is 5. The van der Waals surface area contributed by atoms with Crippen LogP contribution in [0.3, 0.4) is 0 Å². The summed E-state index contributed by atoms with van der Waals surface area (Å²) in [5.74, 6) is 0.206. The van der Waals surface area contributed by atoms with Gasteiger partial charge in [-0.3, -0.25) is 4.98 Å². The lowest BCUT2D eigenvalue weighted by molar-refractivity contribution is 0.516.